The average Bonchev–Trinajstić information content (AvgIpc) is 3.44. The summed E-state index contributed by atoms with van der Waals surface area (Å²) in [6, 6.07) is 11.7. The summed E-state index contributed by atoms with van der Waals surface area (Å²) < 4.78 is 66.1. The maximum atomic E-state index is 14.1. The first-order valence-electron chi connectivity index (χ1n) is 14.2. The predicted molar refractivity (Wildman–Crippen MR) is 162 cm³/mol. The third-order valence-electron chi connectivity index (χ3n) is 7.89. The molecule has 1 N–H and O–H groups in total. The molecule has 2 aliphatic heterocycles. The van der Waals surface area contributed by atoms with Crippen molar-refractivity contribution in [2.24, 2.45) is 0 Å². The first-order valence-corrected chi connectivity index (χ1v) is 18.1. The van der Waals surface area contributed by atoms with E-state index in [1.54, 1.807) is 6.07 Å². The van der Waals surface area contributed by atoms with Gasteiger partial charge in [0, 0.05) is 56.6 Å². The van der Waals surface area contributed by atoms with Gasteiger partial charge in [-0.15, -0.1) is 11.3 Å². The number of nitrogens with zero attached hydrogens (tertiary/aromatic N) is 2. The summed E-state index contributed by atoms with van der Waals surface area (Å²) in [5.74, 6) is -1.04. The molecule has 2 fully saturated rings. The quantitative estimate of drug-likeness (QED) is 0.349. The molecule has 0 saturated carbocycles. The molecule has 42 heavy (non-hydrogen) atoms. The number of hydrogen-bond acceptors (Lipinski definition) is 9. The van der Waals surface area contributed by atoms with Gasteiger partial charge in [0.2, 0.25) is 5.91 Å². The van der Waals surface area contributed by atoms with Crippen LogP contribution in [-0.4, -0.2) is 90.4 Å². The van der Waals surface area contributed by atoms with Crippen molar-refractivity contribution in [1.29, 1.82) is 0 Å². The molecule has 2 aromatic rings. The molecule has 1 aromatic carbocycles. The standard InChI is InChI=1S/C28H41N3O8S3/c1-4-22-8-10-23(11-9-22)24-12-13-25(40-24)28(21-26(32)29-39-27-7-5-6-18-38-27)14-15-31(17-20-41(28,33)34)42(35,36)30(2)16-19-37-3/h8-13,27H,4-7,14-21H2,1-3H3,(H,29,32)/t27?,28-/m0/s1. The molecule has 3 heterocycles. The second-order valence-corrected chi connectivity index (χ2v) is 16.2. The van der Waals surface area contributed by atoms with Crippen LogP contribution in [0.4, 0.5) is 0 Å². The molecule has 0 radical (unpaired) electrons. The van der Waals surface area contributed by atoms with Crippen molar-refractivity contribution >= 4 is 37.3 Å². The number of methoxy groups -OCH3 is 1. The van der Waals surface area contributed by atoms with E-state index in [1.165, 1.54) is 35.4 Å². The lowest BCUT2D eigenvalue weighted by Crippen LogP contribution is -2.44. The summed E-state index contributed by atoms with van der Waals surface area (Å²) in [7, 11) is -5.05. The number of rotatable bonds is 12. The van der Waals surface area contributed by atoms with E-state index in [-0.39, 0.29) is 32.7 Å². The Kier molecular flexibility index (Phi) is 11.2. The molecule has 0 aliphatic carbocycles. The fourth-order valence-corrected chi connectivity index (χ4v) is 10.3. The lowest BCUT2D eigenvalue weighted by atomic mass is 9.97. The second-order valence-electron chi connectivity index (χ2n) is 10.6. The number of thiophene rings is 1. The van der Waals surface area contributed by atoms with E-state index < -0.39 is 49.2 Å². The van der Waals surface area contributed by atoms with Gasteiger partial charge in [-0.1, -0.05) is 31.2 Å². The molecule has 234 valence electrons. The summed E-state index contributed by atoms with van der Waals surface area (Å²) in [5.41, 5.74) is 4.54. The smallest absolute Gasteiger partial charge is 0.281 e. The van der Waals surface area contributed by atoms with Crippen molar-refractivity contribution in [1.82, 2.24) is 14.1 Å². The zero-order valence-corrected chi connectivity index (χ0v) is 26.9. The first kappa shape index (κ1) is 33.0. The number of hydrogen-bond donors (Lipinski definition) is 1. The topological polar surface area (TPSA) is 132 Å². The van der Waals surface area contributed by atoms with Crippen molar-refractivity contribution < 1.29 is 35.9 Å². The number of hydroxylamine groups is 1. The van der Waals surface area contributed by atoms with E-state index in [0.717, 1.165) is 34.0 Å². The first-order chi connectivity index (χ1) is 20.0. The van der Waals surface area contributed by atoms with Gasteiger partial charge in [0.05, 0.1) is 18.8 Å². The number of amides is 1. The van der Waals surface area contributed by atoms with Gasteiger partial charge < -0.3 is 9.47 Å². The Balaban J connectivity index is 1.65. The Hall–Kier alpha value is -1.91. The van der Waals surface area contributed by atoms with E-state index in [9.17, 15) is 21.6 Å². The van der Waals surface area contributed by atoms with Crippen LogP contribution in [0.3, 0.4) is 0 Å². The van der Waals surface area contributed by atoms with Crippen LogP contribution in [0.5, 0.6) is 0 Å². The molecule has 0 spiro atoms. The number of nitrogens with one attached hydrogen (secondary N) is 1. The molecule has 2 saturated heterocycles. The van der Waals surface area contributed by atoms with E-state index in [4.69, 9.17) is 14.3 Å². The summed E-state index contributed by atoms with van der Waals surface area (Å²) in [6.45, 7) is 2.65. The molecule has 14 heteroatoms. The molecule has 4 rings (SSSR count). The van der Waals surface area contributed by atoms with Crippen LogP contribution in [0.1, 0.15) is 49.5 Å². The van der Waals surface area contributed by atoms with Crippen LogP contribution in [0.2, 0.25) is 0 Å². The van der Waals surface area contributed by atoms with Gasteiger partial charge in [0.1, 0.15) is 4.75 Å². The van der Waals surface area contributed by atoms with Gasteiger partial charge in [0.15, 0.2) is 16.1 Å². The summed E-state index contributed by atoms with van der Waals surface area (Å²) in [4.78, 5) is 20.1. The van der Waals surface area contributed by atoms with E-state index in [1.807, 2.05) is 30.3 Å². The summed E-state index contributed by atoms with van der Waals surface area (Å²) >= 11 is 1.31. The van der Waals surface area contributed by atoms with Gasteiger partial charge in [-0.3, -0.25) is 4.79 Å². The normalized spacial score (nSPS) is 23.5. The number of carbonyl (C=O) groups is 1. The highest BCUT2D eigenvalue weighted by Crippen LogP contribution is 2.45. The SMILES string of the molecule is CCc1ccc(-c2ccc([C@@]3(CC(=O)NOC4CCCCO4)CCN(S(=O)(=O)N(C)CCOC)CCS3(=O)=O)s2)cc1. The lowest BCUT2D eigenvalue weighted by Gasteiger charge is -2.31. The lowest BCUT2D eigenvalue weighted by molar-refractivity contribution is -0.200. The van der Waals surface area contributed by atoms with Crippen LogP contribution in [0, 0.1) is 0 Å². The number of ether oxygens (including phenoxy) is 2. The van der Waals surface area contributed by atoms with Crippen molar-refractivity contribution in [3.8, 4) is 10.4 Å². The predicted octanol–water partition coefficient (Wildman–Crippen LogP) is 3.08. The minimum absolute atomic E-state index is 0.0722. The molecular formula is C28H41N3O8S3. The Morgan fingerprint density at radius 3 is 2.62 bits per heavy atom. The molecular weight excluding hydrogens is 603 g/mol. The monoisotopic (exact) mass is 643 g/mol. The number of sulfone groups is 1. The Morgan fingerprint density at radius 2 is 1.95 bits per heavy atom. The highest BCUT2D eigenvalue weighted by atomic mass is 32.2. The second kappa shape index (κ2) is 14.2. The van der Waals surface area contributed by atoms with Crippen LogP contribution in [0.15, 0.2) is 36.4 Å². The highest BCUT2D eigenvalue weighted by Gasteiger charge is 2.51. The van der Waals surface area contributed by atoms with Crippen LogP contribution in [0.25, 0.3) is 10.4 Å². The third-order valence-corrected chi connectivity index (χ3v) is 13.8. The van der Waals surface area contributed by atoms with Crippen LogP contribution in [-0.2, 0) is 50.3 Å². The van der Waals surface area contributed by atoms with Crippen molar-refractivity contribution in [3.05, 3.63) is 46.8 Å². The summed E-state index contributed by atoms with van der Waals surface area (Å²) in [6.07, 6.45) is 2.25. The maximum absolute atomic E-state index is 14.1. The van der Waals surface area contributed by atoms with Crippen molar-refractivity contribution in [2.45, 2.75) is 56.5 Å². The van der Waals surface area contributed by atoms with E-state index in [2.05, 4.69) is 12.4 Å². The largest absolute Gasteiger partial charge is 0.383 e. The maximum Gasteiger partial charge on any atom is 0.281 e. The number of carbonyl (C=O) groups excluding carboxylic acids is 1. The van der Waals surface area contributed by atoms with Gasteiger partial charge in [0.25, 0.3) is 10.2 Å². The molecule has 0 bridgehead atoms. The van der Waals surface area contributed by atoms with Gasteiger partial charge >= 0.3 is 0 Å². The zero-order chi connectivity index (χ0) is 30.4. The molecule has 11 nitrogen and oxygen atoms in total. The highest BCUT2D eigenvalue weighted by molar-refractivity contribution is 7.92. The molecule has 1 amide bonds. The molecule has 1 aromatic heterocycles. The fraction of sp³-hybridized carbons (Fsp3) is 0.607. The Morgan fingerprint density at radius 1 is 1.19 bits per heavy atom. The molecule has 1 unspecified atom stereocenters. The van der Waals surface area contributed by atoms with E-state index >= 15 is 0 Å². The Bertz CT molecular complexity index is 1410. The average molecular weight is 644 g/mol. The number of likely N-dealkylation sites (N-methyl/N-ethyl adjacent to an activating group) is 1. The van der Waals surface area contributed by atoms with Crippen molar-refractivity contribution in [3.63, 3.8) is 0 Å². The zero-order valence-electron chi connectivity index (χ0n) is 24.4. The Labute approximate surface area is 253 Å². The third kappa shape index (κ3) is 7.41. The number of benzene rings is 1. The fourth-order valence-electron chi connectivity index (χ4n) is 5.19. The number of aryl methyl sites for hydroxylation is 1. The van der Waals surface area contributed by atoms with Crippen LogP contribution < -0.4 is 5.48 Å². The summed E-state index contributed by atoms with van der Waals surface area (Å²) in [5, 5.41) is 0. The van der Waals surface area contributed by atoms with Gasteiger partial charge in [-0.05, 0) is 48.9 Å². The van der Waals surface area contributed by atoms with Gasteiger partial charge in [-0.2, -0.15) is 17.0 Å². The van der Waals surface area contributed by atoms with Crippen LogP contribution >= 0.6 is 11.3 Å². The van der Waals surface area contributed by atoms with E-state index in [0.29, 0.717) is 17.9 Å². The molecule has 2 aliphatic rings. The minimum atomic E-state index is -4.01. The van der Waals surface area contributed by atoms with Crippen molar-refractivity contribution in [2.75, 3.05) is 52.8 Å². The van der Waals surface area contributed by atoms with Gasteiger partial charge in [-0.25, -0.2) is 18.7 Å². The minimum Gasteiger partial charge on any atom is -0.383 e. The molecule has 2 atom stereocenters.